The molecule has 1 unspecified atom stereocenters. The second-order valence-corrected chi connectivity index (χ2v) is 6.24. The first-order chi connectivity index (χ1) is 7.87. The molecule has 0 aliphatic heterocycles. The van der Waals surface area contributed by atoms with Crippen LogP contribution in [-0.4, -0.2) is 11.9 Å². The summed E-state index contributed by atoms with van der Waals surface area (Å²) < 4.78 is 12.7. The fraction of sp³-hybridized carbons (Fsp3) is 0.571. The lowest BCUT2D eigenvalue weighted by molar-refractivity contribution is 0.364. The molecule has 1 N–H and O–H groups in total. The van der Waals surface area contributed by atoms with Gasteiger partial charge in [-0.25, -0.2) is 4.39 Å². The lowest BCUT2D eigenvalue weighted by atomic mass is 9.90. The van der Waals surface area contributed by atoms with Crippen molar-refractivity contribution in [2.45, 2.75) is 39.1 Å². The van der Waals surface area contributed by atoms with Gasteiger partial charge in [0.2, 0.25) is 0 Å². The van der Waals surface area contributed by atoms with Crippen molar-refractivity contribution in [1.82, 2.24) is 5.32 Å². The van der Waals surface area contributed by atoms with E-state index in [1.807, 2.05) is 0 Å². The number of benzene rings is 1. The van der Waals surface area contributed by atoms with Crippen molar-refractivity contribution in [1.29, 1.82) is 0 Å². The predicted octanol–water partition coefficient (Wildman–Crippen LogP) is 3.96. The molecule has 0 bridgehead atoms. The van der Waals surface area contributed by atoms with E-state index in [4.69, 9.17) is 11.6 Å². The standard InChI is InChI=1S/C14H21ClFN/c1-14(2,3)8-12(15)10-17-9-11-4-6-13(16)7-5-11/h4-7,12,17H,8-10H2,1-3H3. The van der Waals surface area contributed by atoms with Gasteiger partial charge in [-0.2, -0.15) is 0 Å². The molecule has 17 heavy (non-hydrogen) atoms. The average Bonchev–Trinajstić information content (AvgIpc) is 2.18. The summed E-state index contributed by atoms with van der Waals surface area (Å²) in [6, 6.07) is 6.53. The minimum absolute atomic E-state index is 0.135. The number of hydrogen-bond donors (Lipinski definition) is 1. The van der Waals surface area contributed by atoms with Crippen molar-refractivity contribution >= 4 is 11.6 Å². The van der Waals surface area contributed by atoms with Crippen LogP contribution in [0.5, 0.6) is 0 Å². The van der Waals surface area contributed by atoms with Gasteiger partial charge in [-0.05, 0) is 29.5 Å². The Bertz CT molecular complexity index is 329. The third-order valence-electron chi connectivity index (χ3n) is 2.44. The molecular weight excluding hydrogens is 237 g/mol. The summed E-state index contributed by atoms with van der Waals surface area (Å²) >= 11 is 6.23. The third kappa shape index (κ3) is 6.64. The molecule has 0 saturated carbocycles. The zero-order valence-corrected chi connectivity index (χ0v) is 11.5. The SMILES string of the molecule is CC(C)(C)CC(Cl)CNCc1ccc(F)cc1. The van der Waals surface area contributed by atoms with Gasteiger partial charge < -0.3 is 5.32 Å². The van der Waals surface area contributed by atoms with E-state index >= 15 is 0 Å². The maximum atomic E-state index is 12.7. The van der Waals surface area contributed by atoms with Crippen molar-refractivity contribution in [3.63, 3.8) is 0 Å². The van der Waals surface area contributed by atoms with Crippen LogP contribution < -0.4 is 5.32 Å². The highest BCUT2D eigenvalue weighted by Gasteiger charge is 2.16. The molecule has 3 heteroatoms. The van der Waals surface area contributed by atoms with Crippen LogP contribution in [0.25, 0.3) is 0 Å². The van der Waals surface area contributed by atoms with E-state index in [0.29, 0.717) is 0 Å². The summed E-state index contributed by atoms with van der Waals surface area (Å²) in [6.07, 6.45) is 0.977. The highest BCUT2D eigenvalue weighted by Crippen LogP contribution is 2.23. The normalized spacial score (nSPS) is 13.7. The summed E-state index contributed by atoms with van der Waals surface area (Å²) in [5, 5.41) is 3.42. The van der Waals surface area contributed by atoms with Crippen LogP contribution in [-0.2, 0) is 6.54 Å². The maximum Gasteiger partial charge on any atom is 0.123 e. The summed E-state index contributed by atoms with van der Waals surface area (Å²) in [5.41, 5.74) is 1.33. The zero-order chi connectivity index (χ0) is 12.9. The molecular formula is C14H21ClFN. The number of hydrogen-bond acceptors (Lipinski definition) is 1. The molecule has 0 heterocycles. The van der Waals surface area contributed by atoms with Crippen LogP contribution in [0.15, 0.2) is 24.3 Å². The highest BCUT2D eigenvalue weighted by molar-refractivity contribution is 6.20. The zero-order valence-electron chi connectivity index (χ0n) is 10.8. The summed E-state index contributed by atoms with van der Waals surface area (Å²) in [6.45, 7) is 8.05. The van der Waals surface area contributed by atoms with E-state index in [1.54, 1.807) is 12.1 Å². The van der Waals surface area contributed by atoms with Crippen LogP contribution in [0.4, 0.5) is 4.39 Å². The number of rotatable bonds is 5. The highest BCUT2D eigenvalue weighted by atomic mass is 35.5. The molecule has 0 aromatic heterocycles. The Hall–Kier alpha value is -0.600. The lowest BCUT2D eigenvalue weighted by Gasteiger charge is -2.22. The van der Waals surface area contributed by atoms with E-state index in [0.717, 1.165) is 25.1 Å². The Morgan fingerprint density at radius 3 is 2.35 bits per heavy atom. The van der Waals surface area contributed by atoms with E-state index in [9.17, 15) is 4.39 Å². The first-order valence-electron chi connectivity index (χ1n) is 5.96. The molecule has 0 aliphatic carbocycles. The van der Waals surface area contributed by atoms with E-state index in [-0.39, 0.29) is 16.6 Å². The monoisotopic (exact) mass is 257 g/mol. The Labute approximate surface area is 108 Å². The molecule has 1 atom stereocenters. The van der Waals surface area contributed by atoms with Crippen molar-refractivity contribution in [2.24, 2.45) is 5.41 Å². The maximum absolute atomic E-state index is 12.7. The van der Waals surface area contributed by atoms with E-state index in [1.165, 1.54) is 12.1 Å². The molecule has 0 amide bonds. The molecule has 1 rings (SSSR count). The van der Waals surface area contributed by atoms with Crippen LogP contribution in [0.2, 0.25) is 0 Å². The molecule has 1 aromatic rings. The van der Waals surface area contributed by atoms with Crippen molar-refractivity contribution in [3.8, 4) is 0 Å². The van der Waals surface area contributed by atoms with Crippen molar-refractivity contribution in [3.05, 3.63) is 35.6 Å². The minimum Gasteiger partial charge on any atom is -0.311 e. The summed E-state index contributed by atoms with van der Waals surface area (Å²) in [5.74, 6) is -0.197. The van der Waals surface area contributed by atoms with Gasteiger partial charge >= 0.3 is 0 Å². The van der Waals surface area contributed by atoms with Gasteiger partial charge in [0.1, 0.15) is 5.82 Å². The first-order valence-corrected chi connectivity index (χ1v) is 6.40. The van der Waals surface area contributed by atoms with Crippen LogP contribution in [0.3, 0.4) is 0 Å². The van der Waals surface area contributed by atoms with Gasteiger partial charge in [0, 0.05) is 18.5 Å². The molecule has 0 saturated heterocycles. The van der Waals surface area contributed by atoms with Crippen molar-refractivity contribution < 1.29 is 4.39 Å². The van der Waals surface area contributed by atoms with Gasteiger partial charge in [0.25, 0.3) is 0 Å². The lowest BCUT2D eigenvalue weighted by Crippen LogP contribution is -2.26. The fourth-order valence-electron chi connectivity index (χ4n) is 1.71. The molecule has 1 aromatic carbocycles. The van der Waals surface area contributed by atoms with Gasteiger partial charge in [-0.3, -0.25) is 0 Å². The van der Waals surface area contributed by atoms with Crippen LogP contribution in [0.1, 0.15) is 32.8 Å². The number of nitrogens with one attached hydrogen (secondary N) is 1. The number of halogens is 2. The predicted molar refractivity (Wildman–Crippen MR) is 71.8 cm³/mol. The van der Waals surface area contributed by atoms with E-state index < -0.39 is 0 Å². The minimum atomic E-state index is -0.197. The fourth-order valence-corrected chi connectivity index (χ4v) is 2.28. The second kappa shape index (κ2) is 6.36. The Morgan fingerprint density at radius 2 is 1.82 bits per heavy atom. The van der Waals surface area contributed by atoms with Crippen molar-refractivity contribution in [2.75, 3.05) is 6.54 Å². The second-order valence-electron chi connectivity index (χ2n) is 5.62. The molecule has 0 spiro atoms. The average molecular weight is 258 g/mol. The molecule has 1 nitrogen and oxygen atoms in total. The smallest absolute Gasteiger partial charge is 0.123 e. The molecule has 0 fully saturated rings. The van der Waals surface area contributed by atoms with Gasteiger partial charge in [-0.15, -0.1) is 11.6 Å². The van der Waals surface area contributed by atoms with E-state index in [2.05, 4.69) is 26.1 Å². The first kappa shape index (κ1) is 14.5. The van der Waals surface area contributed by atoms with Crippen LogP contribution >= 0.6 is 11.6 Å². The largest absolute Gasteiger partial charge is 0.311 e. The molecule has 0 radical (unpaired) electrons. The van der Waals surface area contributed by atoms with Gasteiger partial charge in [0.15, 0.2) is 0 Å². The Balaban J connectivity index is 2.26. The molecule has 96 valence electrons. The summed E-state index contributed by atoms with van der Waals surface area (Å²) in [7, 11) is 0. The Kier molecular flexibility index (Phi) is 5.41. The topological polar surface area (TPSA) is 12.0 Å². The van der Waals surface area contributed by atoms with Gasteiger partial charge in [-0.1, -0.05) is 32.9 Å². The van der Waals surface area contributed by atoms with Gasteiger partial charge in [0.05, 0.1) is 0 Å². The summed E-state index contributed by atoms with van der Waals surface area (Å²) in [4.78, 5) is 0. The number of alkyl halides is 1. The third-order valence-corrected chi connectivity index (χ3v) is 2.75. The quantitative estimate of drug-likeness (QED) is 0.788. The Morgan fingerprint density at radius 1 is 1.24 bits per heavy atom. The molecule has 0 aliphatic rings. The van der Waals surface area contributed by atoms with Crippen LogP contribution in [0, 0.1) is 11.2 Å².